The molecule has 2 heterocycles. The Balaban J connectivity index is 1.73. The van der Waals surface area contributed by atoms with E-state index < -0.39 is 5.41 Å². The Hall–Kier alpha value is -2.95. The molecule has 0 saturated carbocycles. The first kappa shape index (κ1) is 16.2. The van der Waals surface area contributed by atoms with Crippen molar-refractivity contribution in [2.45, 2.75) is 32.6 Å². The van der Waals surface area contributed by atoms with Crippen LogP contribution in [-0.2, 0) is 4.79 Å². The lowest BCUT2D eigenvalue weighted by Gasteiger charge is -2.38. The number of carbonyl (C=O) groups excluding carboxylic acids is 1. The molecule has 1 N–H and O–H groups in total. The van der Waals surface area contributed by atoms with Gasteiger partial charge in [0.1, 0.15) is 17.3 Å². The van der Waals surface area contributed by atoms with Crippen molar-refractivity contribution in [3.8, 4) is 23.0 Å². The van der Waals surface area contributed by atoms with Gasteiger partial charge in [0.2, 0.25) is 6.79 Å². The summed E-state index contributed by atoms with van der Waals surface area (Å²) in [4.78, 5) is 13.3. The van der Waals surface area contributed by atoms with Crippen LogP contribution in [0.3, 0.4) is 0 Å². The van der Waals surface area contributed by atoms with Crippen LogP contribution in [0.1, 0.15) is 43.7 Å². The maximum atomic E-state index is 13.3. The van der Waals surface area contributed by atoms with E-state index in [1.807, 2.05) is 38.1 Å². The van der Waals surface area contributed by atoms with E-state index in [4.69, 9.17) is 14.2 Å². The molecule has 0 aromatic heterocycles. The van der Waals surface area contributed by atoms with E-state index in [1.54, 1.807) is 12.1 Å². The Labute approximate surface area is 157 Å². The lowest BCUT2D eigenvalue weighted by atomic mass is 9.68. The van der Waals surface area contributed by atoms with Crippen molar-refractivity contribution in [1.29, 1.82) is 0 Å². The fraction of sp³-hybridized carbons (Fsp3) is 0.318. The van der Waals surface area contributed by atoms with Gasteiger partial charge in [-0.3, -0.25) is 4.79 Å². The van der Waals surface area contributed by atoms with Gasteiger partial charge in [0.05, 0.1) is 0 Å². The van der Waals surface area contributed by atoms with Gasteiger partial charge >= 0.3 is 0 Å². The molecule has 1 aliphatic carbocycles. The Morgan fingerprint density at radius 1 is 1.04 bits per heavy atom. The second-order valence-corrected chi connectivity index (χ2v) is 7.92. The third-order valence-corrected chi connectivity index (χ3v) is 5.70. The summed E-state index contributed by atoms with van der Waals surface area (Å²) < 4.78 is 17.2. The normalized spacial score (nSPS) is 22.1. The maximum Gasteiger partial charge on any atom is 0.231 e. The molecule has 5 rings (SSSR count). The van der Waals surface area contributed by atoms with E-state index in [9.17, 15) is 9.90 Å². The Morgan fingerprint density at radius 3 is 2.48 bits per heavy atom. The molecule has 0 radical (unpaired) electrons. The second-order valence-electron chi connectivity index (χ2n) is 7.92. The highest BCUT2D eigenvalue weighted by Crippen LogP contribution is 2.52. The van der Waals surface area contributed by atoms with E-state index in [0.717, 1.165) is 29.7 Å². The molecule has 2 aliphatic heterocycles. The number of allylic oxidation sites excluding steroid dienone is 2. The first-order valence-electron chi connectivity index (χ1n) is 9.12. The zero-order chi connectivity index (χ0) is 18.8. The molecular formula is C22H20O5. The second kappa shape index (κ2) is 5.52. The molecule has 5 heteroatoms. The maximum absolute atomic E-state index is 13.3. The van der Waals surface area contributed by atoms with Crippen LogP contribution in [0, 0.1) is 5.41 Å². The quantitative estimate of drug-likeness (QED) is 0.818. The van der Waals surface area contributed by atoms with E-state index in [0.29, 0.717) is 22.8 Å². The van der Waals surface area contributed by atoms with Crippen LogP contribution < -0.4 is 14.2 Å². The molecule has 138 valence electrons. The van der Waals surface area contributed by atoms with Crippen molar-refractivity contribution in [1.82, 2.24) is 0 Å². The Morgan fingerprint density at radius 2 is 1.74 bits per heavy atom. The zero-order valence-corrected chi connectivity index (χ0v) is 15.2. The molecule has 0 bridgehead atoms. The van der Waals surface area contributed by atoms with Crippen molar-refractivity contribution < 1.29 is 24.1 Å². The number of carbonyl (C=O) groups is 1. The number of ether oxygens (including phenoxy) is 3. The fourth-order valence-electron chi connectivity index (χ4n) is 4.12. The molecule has 27 heavy (non-hydrogen) atoms. The highest BCUT2D eigenvalue weighted by Gasteiger charge is 2.44. The molecule has 3 aliphatic rings. The van der Waals surface area contributed by atoms with Crippen LogP contribution in [0.15, 0.2) is 47.7 Å². The predicted octanol–water partition coefficient (Wildman–Crippen LogP) is 4.29. The first-order chi connectivity index (χ1) is 12.9. The Bertz CT molecular complexity index is 985. The average molecular weight is 364 g/mol. The summed E-state index contributed by atoms with van der Waals surface area (Å²) in [6.07, 6.45) is 1.48. The summed E-state index contributed by atoms with van der Waals surface area (Å²) in [6, 6.07) is 10.8. The summed E-state index contributed by atoms with van der Waals surface area (Å²) in [5.41, 5.74) is 2.11. The minimum absolute atomic E-state index is 0.116. The monoisotopic (exact) mass is 364 g/mol. The topological polar surface area (TPSA) is 65.0 Å². The van der Waals surface area contributed by atoms with Crippen LogP contribution in [0.2, 0.25) is 0 Å². The van der Waals surface area contributed by atoms with E-state index in [2.05, 4.69) is 0 Å². The van der Waals surface area contributed by atoms with E-state index in [-0.39, 0.29) is 24.2 Å². The molecule has 2 aromatic rings. The third-order valence-electron chi connectivity index (χ3n) is 5.70. The number of phenols is 1. The minimum atomic E-state index is -0.425. The van der Waals surface area contributed by atoms with Gasteiger partial charge in [0, 0.05) is 35.0 Å². The molecule has 0 saturated heterocycles. The molecule has 5 nitrogen and oxygen atoms in total. The van der Waals surface area contributed by atoms with Crippen molar-refractivity contribution in [2.24, 2.45) is 5.41 Å². The lowest BCUT2D eigenvalue weighted by molar-refractivity contribution is -0.124. The number of aromatic hydroxyl groups is 1. The average Bonchev–Trinajstić information content (AvgIpc) is 3.10. The Kier molecular flexibility index (Phi) is 3.32. The van der Waals surface area contributed by atoms with Gasteiger partial charge in [-0.15, -0.1) is 0 Å². The smallest absolute Gasteiger partial charge is 0.231 e. The number of hydrogen-bond donors (Lipinski definition) is 1. The summed E-state index contributed by atoms with van der Waals surface area (Å²) in [6.45, 7) is 4.16. The van der Waals surface area contributed by atoms with Crippen LogP contribution in [-0.4, -0.2) is 17.7 Å². The SMILES string of the molecule is CC1(C)CCC2=C(C1=O)C(c1ccc(O)cc1)c1cc3c(cc1O2)OCO3. The number of fused-ring (bicyclic) bond motifs is 2. The highest BCUT2D eigenvalue weighted by atomic mass is 16.7. The van der Waals surface area contributed by atoms with Gasteiger partial charge in [0.15, 0.2) is 17.3 Å². The molecule has 0 spiro atoms. The van der Waals surface area contributed by atoms with E-state index >= 15 is 0 Å². The minimum Gasteiger partial charge on any atom is -0.508 e. The van der Waals surface area contributed by atoms with Gasteiger partial charge in [0.25, 0.3) is 0 Å². The fourth-order valence-corrected chi connectivity index (χ4v) is 4.12. The van der Waals surface area contributed by atoms with Gasteiger partial charge in [-0.05, 0) is 30.2 Å². The van der Waals surface area contributed by atoms with Gasteiger partial charge in [-0.1, -0.05) is 26.0 Å². The standard InChI is InChI=1S/C22H20O5/c1-22(2)8-7-15-20(21(22)24)19(12-3-5-13(23)6-4-12)14-9-17-18(26-11-25-17)10-16(14)27-15/h3-6,9-10,19,23H,7-8,11H2,1-2H3. The third kappa shape index (κ3) is 2.41. The number of rotatable bonds is 1. The lowest BCUT2D eigenvalue weighted by Crippen LogP contribution is -2.36. The summed E-state index contributed by atoms with van der Waals surface area (Å²) >= 11 is 0. The van der Waals surface area contributed by atoms with Gasteiger partial charge in [-0.25, -0.2) is 0 Å². The largest absolute Gasteiger partial charge is 0.508 e. The summed E-state index contributed by atoms with van der Waals surface area (Å²) in [5.74, 6) is 2.81. The first-order valence-corrected chi connectivity index (χ1v) is 9.12. The van der Waals surface area contributed by atoms with Crippen molar-refractivity contribution in [3.05, 3.63) is 58.9 Å². The van der Waals surface area contributed by atoms with Crippen LogP contribution >= 0.6 is 0 Å². The number of ketones is 1. The van der Waals surface area contributed by atoms with E-state index in [1.165, 1.54) is 0 Å². The number of phenolic OH excluding ortho intramolecular Hbond substituents is 1. The number of Topliss-reactive ketones (excluding diaryl/α,β-unsaturated/α-hetero) is 1. The van der Waals surface area contributed by atoms with Crippen molar-refractivity contribution >= 4 is 5.78 Å². The van der Waals surface area contributed by atoms with Crippen LogP contribution in [0.25, 0.3) is 0 Å². The van der Waals surface area contributed by atoms with Gasteiger partial charge in [-0.2, -0.15) is 0 Å². The number of hydrogen-bond acceptors (Lipinski definition) is 5. The molecule has 2 aromatic carbocycles. The molecule has 1 atom stereocenters. The zero-order valence-electron chi connectivity index (χ0n) is 15.2. The summed E-state index contributed by atoms with van der Waals surface area (Å²) in [7, 11) is 0. The van der Waals surface area contributed by atoms with Gasteiger partial charge < -0.3 is 19.3 Å². The molecular weight excluding hydrogens is 344 g/mol. The molecule has 0 amide bonds. The molecule has 0 fully saturated rings. The van der Waals surface area contributed by atoms with Crippen molar-refractivity contribution in [2.75, 3.05) is 6.79 Å². The number of benzene rings is 2. The van der Waals surface area contributed by atoms with Crippen molar-refractivity contribution in [3.63, 3.8) is 0 Å². The summed E-state index contributed by atoms with van der Waals surface area (Å²) in [5, 5.41) is 9.70. The highest BCUT2D eigenvalue weighted by molar-refractivity contribution is 6.03. The predicted molar refractivity (Wildman–Crippen MR) is 98.2 cm³/mol. The molecule has 1 unspecified atom stereocenters. The van der Waals surface area contributed by atoms with Crippen LogP contribution in [0.4, 0.5) is 0 Å². The van der Waals surface area contributed by atoms with Crippen LogP contribution in [0.5, 0.6) is 23.0 Å².